The number of imidazole rings is 1. The number of likely N-dealkylation sites (tertiary alicyclic amines) is 1. The minimum atomic E-state index is -0.628. The van der Waals surface area contributed by atoms with Crippen molar-refractivity contribution in [1.82, 2.24) is 24.7 Å². The molecule has 5 rings (SSSR count). The zero-order chi connectivity index (χ0) is 22.2. The molecule has 32 heavy (non-hydrogen) atoms. The number of benzene rings is 1. The monoisotopic (exact) mass is 439 g/mol. The molecule has 0 spiro atoms. The summed E-state index contributed by atoms with van der Waals surface area (Å²) in [5, 5.41) is 5.80. The van der Waals surface area contributed by atoms with E-state index in [4.69, 9.17) is 0 Å². The van der Waals surface area contributed by atoms with Gasteiger partial charge < -0.3 is 5.32 Å². The Bertz CT molecular complexity index is 1080. The molecule has 1 aromatic heterocycles. The molecule has 4 heterocycles. The number of nitrogens with zero attached hydrogens (tertiary/aromatic N) is 3. The van der Waals surface area contributed by atoms with Crippen molar-refractivity contribution in [3.8, 4) is 0 Å². The van der Waals surface area contributed by atoms with Crippen LogP contribution in [0.3, 0.4) is 0 Å². The lowest BCUT2D eigenvalue weighted by Crippen LogP contribution is -2.54. The third-order valence-electron chi connectivity index (χ3n) is 7.56. The number of fused-ring (bicyclic) bond motifs is 1. The number of aromatic nitrogens is 2. The fourth-order valence-corrected chi connectivity index (χ4v) is 5.65. The van der Waals surface area contributed by atoms with Crippen LogP contribution >= 0.6 is 0 Å². The van der Waals surface area contributed by atoms with Gasteiger partial charge in [0.25, 0.3) is 0 Å². The standard InChI is InChI=1S/C24H33N5O3/c1-27-21-13-16(3-2-4-17-14-28(15-17)18-9-11-25-12-10-18)5-6-19(21)29(24(27)32)20-7-8-22(30)26-23(20)31/h5-6,13,17-18,20,25H,2-4,7-12,14-15H2,1H3,(H,26,30,31). The van der Waals surface area contributed by atoms with Crippen molar-refractivity contribution in [1.29, 1.82) is 0 Å². The van der Waals surface area contributed by atoms with Gasteiger partial charge in [0, 0.05) is 32.6 Å². The highest BCUT2D eigenvalue weighted by molar-refractivity contribution is 6.00. The molecule has 1 aromatic carbocycles. The van der Waals surface area contributed by atoms with Crippen molar-refractivity contribution in [3.05, 3.63) is 34.2 Å². The number of hydrogen-bond donors (Lipinski definition) is 2. The Hall–Kier alpha value is -2.45. The molecule has 2 N–H and O–H groups in total. The lowest BCUT2D eigenvalue weighted by atomic mass is 9.89. The highest BCUT2D eigenvalue weighted by atomic mass is 16.2. The van der Waals surface area contributed by atoms with Gasteiger partial charge >= 0.3 is 5.69 Å². The van der Waals surface area contributed by atoms with Crippen LogP contribution in [0.2, 0.25) is 0 Å². The molecule has 1 atom stereocenters. The number of rotatable bonds is 6. The molecule has 0 radical (unpaired) electrons. The predicted molar refractivity (Wildman–Crippen MR) is 122 cm³/mol. The van der Waals surface area contributed by atoms with Gasteiger partial charge in [-0.1, -0.05) is 6.07 Å². The lowest BCUT2D eigenvalue weighted by molar-refractivity contribution is -0.135. The van der Waals surface area contributed by atoms with Gasteiger partial charge in [0.05, 0.1) is 11.0 Å². The van der Waals surface area contributed by atoms with E-state index in [-0.39, 0.29) is 23.9 Å². The smallest absolute Gasteiger partial charge is 0.317 e. The minimum absolute atomic E-state index is 0.209. The molecule has 8 nitrogen and oxygen atoms in total. The second-order valence-corrected chi connectivity index (χ2v) is 9.69. The molecule has 8 heteroatoms. The largest absolute Gasteiger partial charge is 0.329 e. The number of imide groups is 1. The van der Waals surface area contributed by atoms with Gasteiger partial charge in [-0.05, 0) is 75.2 Å². The average molecular weight is 440 g/mol. The normalized spacial score (nSPS) is 23.5. The Balaban J connectivity index is 1.21. The molecule has 0 bridgehead atoms. The summed E-state index contributed by atoms with van der Waals surface area (Å²) in [7, 11) is 1.75. The van der Waals surface area contributed by atoms with E-state index in [1.165, 1.54) is 37.9 Å². The molecule has 3 aliphatic rings. The molecule has 3 saturated heterocycles. The second-order valence-electron chi connectivity index (χ2n) is 9.69. The van der Waals surface area contributed by atoms with Crippen molar-refractivity contribution in [2.75, 3.05) is 26.2 Å². The molecule has 0 aliphatic carbocycles. The van der Waals surface area contributed by atoms with Crippen LogP contribution in [-0.2, 0) is 23.1 Å². The van der Waals surface area contributed by atoms with Crippen LogP contribution in [0.1, 0.15) is 50.1 Å². The van der Waals surface area contributed by atoms with Gasteiger partial charge in [0.2, 0.25) is 11.8 Å². The molecule has 0 saturated carbocycles. The van der Waals surface area contributed by atoms with Gasteiger partial charge in [-0.15, -0.1) is 0 Å². The summed E-state index contributed by atoms with van der Waals surface area (Å²) in [4.78, 5) is 39.4. The van der Waals surface area contributed by atoms with Crippen LogP contribution < -0.4 is 16.3 Å². The summed E-state index contributed by atoms with van der Waals surface area (Å²) in [6.45, 7) is 4.80. The van der Waals surface area contributed by atoms with Crippen molar-refractivity contribution in [3.63, 3.8) is 0 Å². The maximum absolute atomic E-state index is 12.9. The first-order valence-corrected chi connectivity index (χ1v) is 12.0. The molecule has 2 amide bonds. The summed E-state index contributed by atoms with van der Waals surface area (Å²) in [6, 6.07) is 6.27. The fourth-order valence-electron chi connectivity index (χ4n) is 5.65. The van der Waals surface area contributed by atoms with Gasteiger partial charge in [0.15, 0.2) is 0 Å². The third-order valence-corrected chi connectivity index (χ3v) is 7.56. The number of aryl methyl sites for hydroxylation is 2. The van der Waals surface area contributed by atoms with E-state index in [1.54, 1.807) is 16.2 Å². The van der Waals surface area contributed by atoms with Gasteiger partial charge in [-0.2, -0.15) is 0 Å². The first-order chi connectivity index (χ1) is 15.5. The molecule has 2 aromatic rings. The van der Waals surface area contributed by atoms with Crippen LogP contribution in [0, 0.1) is 5.92 Å². The van der Waals surface area contributed by atoms with Crippen LogP contribution in [-0.4, -0.2) is 58.1 Å². The second kappa shape index (κ2) is 8.83. The Kier molecular flexibility index (Phi) is 5.90. The highest BCUT2D eigenvalue weighted by Crippen LogP contribution is 2.28. The van der Waals surface area contributed by atoms with E-state index in [0.29, 0.717) is 6.42 Å². The van der Waals surface area contributed by atoms with Crippen molar-refractivity contribution in [2.45, 2.75) is 57.0 Å². The van der Waals surface area contributed by atoms with Gasteiger partial charge in [0.1, 0.15) is 6.04 Å². The van der Waals surface area contributed by atoms with Crippen molar-refractivity contribution < 1.29 is 9.59 Å². The van der Waals surface area contributed by atoms with E-state index in [2.05, 4.69) is 27.7 Å². The van der Waals surface area contributed by atoms with Crippen LogP contribution in [0.25, 0.3) is 11.0 Å². The SMILES string of the molecule is Cn1c(=O)n(C2CCC(=O)NC2=O)c2ccc(CCCC3CN(C4CCNCC4)C3)cc21. The summed E-state index contributed by atoms with van der Waals surface area (Å²) < 4.78 is 3.16. The number of piperidine rings is 2. The van der Waals surface area contributed by atoms with E-state index in [1.807, 2.05) is 6.07 Å². The van der Waals surface area contributed by atoms with Gasteiger partial charge in [-0.3, -0.25) is 28.9 Å². The Morgan fingerprint density at radius 1 is 1.03 bits per heavy atom. The number of carbonyl (C=O) groups is 2. The predicted octanol–water partition coefficient (Wildman–Crippen LogP) is 1.32. The quantitative estimate of drug-likeness (QED) is 0.663. The molecular weight excluding hydrogens is 406 g/mol. The molecule has 1 unspecified atom stereocenters. The van der Waals surface area contributed by atoms with Gasteiger partial charge in [-0.25, -0.2) is 4.79 Å². The maximum Gasteiger partial charge on any atom is 0.329 e. The average Bonchev–Trinajstić information content (AvgIpc) is 3.00. The number of nitrogens with one attached hydrogen (secondary N) is 2. The number of carbonyl (C=O) groups excluding carboxylic acids is 2. The van der Waals surface area contributed by atoms with Crippen LogP contribution in [0.5, 0.6) is 0 Å². The Labute approximate surface area is 187 Å². The topological polar surface area (TPSA) is 88.4 Å². The van der Waals surface area contributed by atoms with Crippen molar-refractivity contribution >= 4 is 22.8 Å². The van der Waals surface area contributed by atoms with Crippen LogP contribution in [0.15, 0.2) is 23.0 Å². The third kappa shape index (κ3) is 4.01. The molecule has 3 aliphatic heterocycles. The first-order valence-electron chi connectivity index (χ1n) is 12.0. The van der Waals surface area contributed by atoms with E-state index in [9.17, 15) is 14.4 Å². The van der Waals surface area contributed by atoms with E-state index >= 15 is 0 Å². The Morgan fingerprint density at radius 2 is 1.81 bits per heavy atom. The van der Waals surface area contributed by atoms with Crippen molar-refractivity contribution in [2.24, 2.45) is 13.0 Å². The summed E-state index contributed by atoms with van der Waals surface area (Å²) in [6.07, 6.45) is 6.58. The zero-order valence-electron chi connectivity index (χ0n) is 18.8. The van der Waals surface area contributed by atoms with E-state index in [0.717, 1.165) is 48.9 Å². The molecular formula is C24H33N5O3. The van der Waals surface area contributed by atoms with Crippen LogP contribution in [0.4, 0.5) is 0 Å². The molecule has 3 fully saturated rings. The number of hydrogen-bond acceptors (Lipinski definition) is 5. The minimum Gasteiger partial charge on any atom is -0.317 e. The zero-order valence-corrected chi connectivity index (χ0v) is 18.8. The maximum atomic E-state index is 12.9. The fraction of sp³-hybridized carbons (Fsp3) is 0.625. The first kappa shape index (κ1) is 21.4. The summed E-state index contributed by atoms with van der Waals surface area (Å²) in [5.41, 5.74) is 2.62. The summed E-state index contributed by atoms with van der Waals surface area (Å²) in [5.74, 6) is 0.151. The highest BCUT2D eigenvalue weighted by Gasteiger charge is 2.33. The lowest BCUT2D eigenvalue weighted by Gasteiger charge is -2.46. The number of amides is 2. The Morgan fingerprint density at radius 3 is 2.56 bits per heavy atom. The van der Waals surface area contributed by atoms with E-state index < -0.39 is 6.04 Å². The molecule has 172 valence electrons. The summed E-state index contributed by atoms with van der Waals surface area (Å²) >= 11 is 0.